The van der Waals surface area contributed by atoms with Crippen LogP contribution in [0.4, 0.5) is 4.79 Å². The molecule has 0 radical (unpaired) electrons. The van der Waals surface area contributed by atoms with Crippen molar-refractivity contribution in [2.75, 3.05) is 19.6 Å². The highest BCUT2D eigenvalue weighted by atomic mass is 16.6. The minimum Gasteiger partial charge on any atom is -0.444 e. The maximum atomic E-state index is 13.3. The first-order valence-electron chi connectivity index (χ1n) is 16.3. The normalized spacial score (nSPS) is 16.0. The number of carbonyl (C=O) groups excluding carboxylic acids is 4. The molecule has 1 aliphatic carbocycles. The van der Waals surface area contributed by atoms with Crippen molar-refractivity contribution in [1.29, 1.82) is 0 Å². The van der Waals surface area contributed by atoms with Gasteiger partial charge in [-0.1, -0.05) is 66.7 Å². The Morgan fingerprint density at radius 3 is 2.13 bits per heavy atom. The molecule has 47 heavy (non-hydrogen) atoms. The van der Waals surface area contributed by atoms with Crippen molar-refractivity contribution < 1.29 is 23.9 Å². The quantitative estimate of drug-likeness (QED) is 0.144. The fourth-order valence-corrected chi connectivity index (χ4v) is 5.23. The van der Waals surface area contributed by atoms with E-state index in [0.29, 0.717) is 30.5 Å². The van der Waals surface area contributed by atoms with Gasteiger partial charge in [-0.15, -0.1) is 0 Å². The van der Waals surface area contributed by atoms with Crippen LogP contribution in [0.5, 0.6) is 0 Å². The van der Waals surface area contributed by atoms with Crippen LogP contribution in [-0.2, 0) is 16.1 Å². The van der Waals surface area contributed by atoms with E-state index in [-0.39, 0.29) is 30.5 Å². The fourth-order valence-electron chi connectivity index (χ4n) is 5.23. The molecule has 0 aliphatic heterocycles. The summed E-state index contributed by atoms with van der Waals surface area (Å²) in [6.07, 6.45) is 2.66. The smallest absolute Gasteiger partial charge is 0.407 e. The Balaban J connectivity index is 1.27. The second kappa shape index (κ2) is 17.3. The van der Waals surface area contributed by atoms with Gasteiger partial charge < -0.3 is 31.3 Å². The number of rotatable bonds is 16. The Bertz CT molecular complexity index is 1480. The van der Waals surface area contributed by atoms with Crippen molar-refractivity contribution in [1.82, 2.24) is 26.6 Å². The average Bonchev–Trinajstić information content (AvgIpc) is 3.84. The maximum absolute atomic E-state index is 13.3. The molecule has 3 aromatic rings. The van der Waals surface area contributed by atoms with Crippen LogP contribution in [0.2, 0.25) is 0 Å². The number of hydrogen-bond donors (Lipinski definition) is 5. The van der Waals surface area contributed by atoms with Crippen molar-refractivity contribution in [3.63, 3.8) is 0 Å². The van der Waals surface area contributed by atoms with E-state index in [4.69, 9.17) is 4.74 Å². The topological polar surface area (TPSA) is 138 Å². The van der Waals surface area contributed by atoms with E-state index >= 15 is 0 Å². The van der Waals surface area contributed by atoms with Crippen LogP contribution in [0.3, 0.4) is 0 Å². The number of carbonyl (C=O) groups is 4. The zero-order valence-corrected chi connectivity index (χ0v) is 27.5. The Morgan fingerprint density at radius 1 is 0.766 bits per heavy atom. The zero-order valence-electron chi connectivity index (χ0n) is 27.5. The first-order valence-corrected chi connectivity index (χ1v) is 16.3. The summed E-state index contributed by atoms with van der Waals surface area (Å²) in [5.74, 6) is -0.528. The minimum absolute atomic E-state index is 0.181. The highest BCUT2D eigenvalue weighted by Crippen LogP contribution is 2.40. The largest absolute Gasteiger partial charge is 0.444 e. The summed E-state index contributed by atoms with van der Waals surface area (Å²) in [7, 11) is 0. The minimum atomic E-state index is -0.736. The number of ether oxygens (including phenoxy) is 1. The van der Waals surface area contributed by atoms with Gasteiger partial charge in [0.2, 0.25) is 5.91 Å². The van der Waals surface area contributed by atoms with Gasteiger partial charge in [0.15, 0.2) is 0 Å². The lowest BCUT2D eigenvalue weighted by Crippen LogP contribution is -2.46. The summed E-state index contributed by atoms with van der Waals surface area (Å²) < 4.78 is 5.19. The number of hydrogen-bond acceptors (Lipinski definition) is 6. The summed E-state index contributed by atoms with van der Waals surface area (Å²) in [6.45, 7) is 6.87. The molecule has 0 heterocycles. The van der Waals surface area contributed by atoms with Crippen LogP contribution >= 0.6 is 0 Å². The van der Waals surface area contributed by atoms with E-state index in [0.717, 1.165) is 31.4 Å². The van der Waals surface area contributed by atoms with Gasteiger partial charge in [0.25, 0.3) is 11.8 Å². The van der Waals surface area contributed by atoms with Crippen LogP contribution in [0.1, 0.15) is 84.2 Å². The lowest BCUT2D eigenvalue weighted by atomic mass is 10.1. The third-order valence-corrected chi connectivity index (χ3v) is 7.74. The summed E-state index contributed by atoms with van der Waals surface area (Å²) in [4.78, 5) is 51.1. The molecule has 0 spiro atoms. The van der Waals surface area contributed by atoms with Crippen molar-refractivity contribution in [3.05, 3.63) is 107 Å². The highest BCUT2D eigenvalue weighted by molar-refractivity contribution is 6.01. The predicted molar refractivity (Wildman–Crippen MR) is 182 cm³/mol. The molecular formula is C37H47N5O5. The maximum Gasteiger partial charge on any atom is 0.407 e. The molecule has 10 heteroatoms. The van der Waals surface area contributed by atoms with E-state index in [1.165, 1.54) is 11.6 Å². The Kier molecular flexibility index (Phi) is 12.9. The van der Waals surface area contributed by atoms with Gasteiger partial charge in [-0.3, -0.25) is 14.4 Å². The molecule has 0 bridgehead atoms. The van der Waals surface area contributed by atoms with Crippen LogP contribution in [0.15, 0.2) is 84.9 Å². The molecule has 10 nitrogen and oxygen atoms in total. The van der Waals surface area contributed by atoms with Gasteiger partial charge in [-0.25, -0.2) is 4.79 Å². The lowest BCUT2D eigenvalue weighted by Gasteiger charge is -2.19. The van der Waals surface area contributed by atoms with Crippen LogP contribution in [0.25, 0.3) is 0 Å². The van der Waals surface area contributed by atoms with Gasteiger partial charge in [-0.05, 0) is 82.3 Å². The number of amides is 4. The zero-order chi connectivity index (χ0) is 33.6. The van der Waals surface area contributed by atoms with Crippen molar-refractivity contribution in [3.8, 4) is 0 Å². The molecule has 1 aliphatic rings. The molecule has 3 aromatic carbocycles. The van der Waals surface area contributed by atoms with Crippen LogP contribution in [0, 0.1) is 0 Å². The van der Waals surface area contributed by atoms with E-state index in [1.54, 1.807) is 39.0 Å². The number of benzene rings is 3. The van der Waals surface area contributed by atoms with Gasteiger partial charge in [0.1, 0.15) is 11.6 Å². The second-order valence-corrected chi connectivity index (χ2v) is 12.8. The average molecular weight is 642 g/mol. The lowest BCUT2D eigenvalue weighted by molar-refractivity contribution is -0.123. The van der Waals surface area contributed by atoms with Crippen molar-refractivity contribution in [2.45, 2.75) is 76.6 Å². The molecule has 1 saturated carbocycles. The molecule has 3 atom stereocenters. The third kappa shape index (κ3) is 12.2. The predicted octanol–water partition coefficient (Wildman–Crippen LogP) is 4.67. The molecular weight excluding hydrogens is 594 g/mol. The van der Waals surface area contributed by atoms with Gasteiger partial charge in [0, 0.05) is 42.7 Å². The van der Waals surface area contributed by atoms with Crippen LogP contribution in [-0.4, -0.2) is 61.1 Å². The standard InChI is InChI=1S/C37H47N5O5/c1-37(2,3)47-36(46)40-22-21-39-33(43)28-17-12-18-29(23-28)34(44)42-31(35(45)41-25-26-13-6-4-7-14-26)19-10-11-20-38-32-24-30(32)27-15-8-5-9-16-27/h4-9,12-18,23,30-32,38H,10-11,19-22,24-25H2,1-3H3,(H,39,43)(H,40,46)(H,41,45)(H,42,44)/t30?,31-,32?/m0/s1. The van der Waals surface area contributed by atoms with Crippen LogP contribution < -0.4 is 26.6 Å². The second-order valence-electron chi connectivity index (χ2n) is 12.8. The number of alkyl carbamates (subject to hydrolysis) is 1. The molecule has 0 saturated heterocycles. The number of unbranched alkanes of at least 4 members (excludes halogenated alkanes) is 1. The van der Waals surface area contributed by atoms with Crippen molar-refractivity contribution in [2.24, 2.45) is 0 Å². The van der Waals surface area contributed by atoms with E-state index in [9.17, 15) is 19.2 Å². The summed E-state index contributed by atoms with van der Waals surface area (Å²) in [5.41, 5.74) is 2.27. The summed E-state index contributed by atoms with van der Waals surface area (Å²) in [6, 6.07) is 26.2. The molecule has 250 valence electrons. The van der Waals surface area contributed by atoms with E-state index in [2.05, 4.69) is 50.8 Å². The molecule has 5 N–H and O–H groups in total. The Morgan fingerprint density at radius 2 is 1.43 bits per heavy atom. The van der Waals surface area contributed by atoms with Gasteiger partial charge >= 0.3 is 6.09 Å². The number of nitrogens with one attached hydrogen (secondary N) is 5. The first-order chi connectivity index (χ1) is 22.6. The van der Waals surface area contributed by atoms with Crippen molar-refractivity contribution >= 4 is 23.8 Å². The van der Waals surface area contributed by atoms with E-state index < -0.39 is 23.6 Å². The van der Waals surface area contributed by atoms with Gasteiger partial charge in [0.05, 0.1) is 0 Å². The first kappa shape index (κ1) is 35.2. The monoisotopic (exact) mass is 641 g/mol. The SMILES string of the molecule is CC(C)(C)OC(=O)NCCNC(=O)c1cccc(C(=O)N[C@@H](CCCCNC2CC2c2ccccc2)C(=O)NCc2ccccc2)c1. The summed E-state index contributed by atoms with van der Waals surface area (Å²) >= 11 is 0. The Labute approximate surface area is 277 Å². The molecule has 0 aromatic heterocycles. The summed E-state index contributed by atoms with van der Waals surface area (Å²) in [5, 5.41) is 14.8. The fraction of sp³-hybridized carbons (Fsp3) is 0.405. The van der Waals surface area contributed by atoms with Gasteiger partial charge in [-0.2, -0.15) is 0 Å². The third-order valence-electron chi connectivity index (χ3n) is 7.74. The molecule has 4 rings (SSSR count). The molecule has 4 amide bonds. The Hall–Kier alpha value is -4.70. The molecule has 2 unspecified atom stereocenters. The van der Waals surface area contributed by atoms with E-state index in [1.807, 2.05) is 36.4 Å². The highest BCUT2D eigenvalue weighted by Gasteiger charge is 2.37. The molecule has 1 fully saturated rings.